The molecule has 0 aliphatic rings. The summed E-state index contributed by atoms with van der Waals surface area (Å²) in [5.74, 6) is -1.31. The largest absolute Gasteiger partial charge is 0.480 e. The Bertz CT molecular complexity index is 561. The van der Waals surface area contributed by atoms with E-state index in [1.165, 1.54) is 11.3 Å². The first-order valence-electron chi connectivity index (χ1n) is 6.03. The number of aromatic nitrogens is 2. The molecule has 2 aromatic heterocycles. The van der Waals surface area contributed by atoms with Crippen LogP contribution in [0, 0.1) is 0 Å². The fourth-order valence-corrected chi connectivity index (χ4v) is 2.54. The molecule has 6 nitrogen and oxygen atoms in total. The number of carboxylic acid groups (broad SMARTS) is 1. The number of carboxylic acids is 1. The molecule has 0 fully saturated rings. The third kappa shape index (κ3) is 3.31. The molecule has 2 N–H and O–H groups in total. The standard InChI is InChI=1S/C12H15N3O3S/c1-2-3-9(11(17)18)14-10(16)6-8-7-15-4-5-19-12(15)13-8/h4-5,7,9H,2-3,6H2,1H3,(H,14,16)(H,17,18). The molecule has 102 valence electrons. The zero-order chi connectivity index (χ0) is 13.8. The number of nitrogens with one attached hydrogen (secondary N) is 1. The van der Waals surface area contributed by atoms with Gasteiger partial charge in [0.05, 0.1) is 12.1 Å². The van der Waals surface area contributed by atoms with Crippen LogP contribution in [0.15, 0.2) is 17.8 Å². The molecule has 2 heterocycles. The van der Waals surface area contributed by atoms with E-state index in [9.17, 15) is 9.59 Å². The highest BCUT2D eigenvalue weighted by Crippen LogP contribution is 2.11. The molecule has 1 amide bonds. The van der Waals surface area contributed by atoms with Crippen LogP contribution in [0.25, 0.3) is 4.96 Å². The van der Waals surface area contributed by atoms with Crippen LogP contribution in [0.4, 0.5) is 0 Å². The van der Waals surface area contributed by atoms with E-state index in [1.807, 2.05) is 22.9 Å². The summed E-state index contributed by atoms with van der Waals surface area (Å²) in [6, 6.07) is -0.818. The van der Waals surface area contributed by atoms with Crippen LogP contribution in [0.5, 0.6) is 0 Å². The van der Waals surface area contributed by atoms with Crippen LogP contribution < -0.4 is 5.32 Å². The number of thiazole rings is 1. The average molecular weight is 281 g/mol. The van der Waals surface area contributed by atoms with Crippen molar-refractivity contribution in [1.82, 2.24) is 14.7 Å². The minimum atomic E-state index is -0.999. The Labute approximate surface area is 114 Å². The molecule has 0 bridgehead atoms. The zero-order valence-electron chi connectivity index (χ0n) is 10.5. The number of nitrogens with zero attached hydrogens (tertiary/aromatic N) is 2. The van der Waals surface area contributed by atoms with Crippen molar-refractivity contribution in [2.75, 3.05) is 0 Å². The summed E-state index contributed by atoms with van der Waals surface area (Å²) in [7, 11) is 0. The summed E-state index contributed by atoms with van der Waals surface area (Å²) in [5, 5.41) is 13.4. The second kappa shape index (κ2) is 5.83. The molecular formula is C12H15N3O3S. The van der Waals surface area contributed by atoms with Crippen LogP contribution in [-0.4, -0.2) is 32.4 Å². The second-order valence-corrected chi connectivity index (χ2v) is 5.12. The Morgan fingerprint density at radius 2 is 2.37 bits per heavy atom. The van der Waals surface area contributed by atoms with Gasteiger partial charge in [0.1, 0.15) is 6.04 Å². The number of amides is 1. The van der Waals surface area contributed by atoms with E-state index in [4.69, 9.17) is 5.11 Å². The fourth-order valence-electron chi connectivity index (χ4n) is 1.82. The topological polar surface area (TPSA) is 83.7 Å². The lowest BCUT2D eigenvalue weighted by atomic mass is 10.1. The summed E-state index contributed by atoms with van der Waals surface area (Å²) in [5.41, 5.74) is 0.644. The van der Waals surface area contributed by atoms with Gasteiger partial charge in [0.15, 0.2) is 4.96 Å². The van der Waals surface area contributed by atoms with E-state index in [2.05, 4.69) is 10.3 Å². The third-order valence-corrected chi connectivity index (χ3v) is 3.47. The number of carbonyl (C=O) groups is 2. The molecule has 19 heavy (non-hydrogen) atoms. The third-order valence-electron chi connectivity index (χ3n) is 2.70. The van der Waals surface area contributed by atoms with Crippen molar-refractivity contribution in [3.8, 4) is 0 Å². The monoisotopic (exact) mass is 281 g/mol. The number of rotatable bonds is 6. The fraction of sp³-hybridized carbons (Fsp3) is 0.417. The first-order chi connectivity index (χ1) is 9.10. The molecule has 0 aliphatic heterocycles. The highest BCUT2D eigenvalue weighted by molar-refractivity contribution is 7.15. The molecular weight excluding hydrogens is 266 g/mol. The van der Waals surface area contributed by atoms with E-state index in [-0.39, 0.29) is 12.3 Å². The summed E-state index contributed by atoms with van der Waals surface area (Å²) in [6.07, 6.45) is 4.88. The average Bonchev–Trinajstić information content (AvgIpc) is 2.88. The van der Waals surface area contributed by atoms with Crippen molar-refractivity contribution in [3.63, 3.8) is 0 Å². The highest BCUT2D eigenvalue weighted by Gasteiger charge is 2.19. The smallest absolute Gasteiger partial charge is 0.326 e. The van der Waals surface area contributed by atoms with Gasteiger partial charge in [0.2, 0.25) is 5.91 Å². The Morgan fingerprint density at radius 1 is 1.58 bits per heavy atom. The molecule has 0 saturated heterocycles. The predicted octanol–water partition coefficient (Wildman–Crippen LogP) is 1.31. The van der Waals surface area contributed by atoms with Crippen molar-refractivity contribution in [2.45, 2.75) is 32.2 Å². The van der Waals surface area contributed by atoms with Gasteiger partial charge in [-0.15, -0.1) is 11.3 Å². The molecule has 1 atom stereocenters. The van der Waals surface area contributed by atoms with Gasteiger partial charge in [0.25, 0.3) is 0 Å². The van der Waals surface area contributed by atoms with Crippen LogP contribution >= 0.6 is 11.3 Å². The van der Waals surface area contributed by atoms with E-state index >= 15 is 0 Å². The maximum Gasteiger partial charge on any atom is 0.326 e. The van der Waals surface area contributed by atoms with Gasteiger partial charge in [-0.3, -0.25) is 9.20 Å². The number of hydrogen-bond donors (Lipinski definition) is 2. The molecule has 0 aliphatic carbocycles. The van der Waals surface area contributed by atoms with Gasteiger partial charge in [-0.25, -0.2) is 9.78 Å². The summed E-state index contributed by atoms with van der Waals surface area (Å²) in [4.78, 5) is 27.8. The van der Waals surface area contributed by atoms with E-state index in [1.54, 1.807) is 6.20 Å². The highest BCUT2D eigenvalue weighted by atomic mass is 32.1. The van der Waals surface area contributed by atoms with Crippen LogP contribution in [-0.2, 0) is 16.0 Å². The van der Waals surface area contributed by atoms with Crippen molar-refractivity contribution >= 4 is 28.2 Å². The summed E-state index contributed by atoms with van der Waals surface area (Å²) >= 11 is 1.49. The lowest BCUT2D eigenvalue weighted by Gasteiger charge is -2.12. The zero-order valence-corrected chi connectivity index (χ0v) is 11.3. The molecule has 7 heteroatoms. The quantitative estimate of drug-likeness (QED) is 0.836. The Hall–Kier alpha value is -1.89. The molecule has 2 rings (SSSR count). The van der Waals surface area contributed by atoms with Gasteiger partial charge in [-0.1, -0.05) is 13.3 Å². The SMILES string of the molecule is CCCC(NC(=O)Cc1cn2ccsc2n1)C(=O)O. The summed E-state index contributed by atoms with van der Waals surface area (Å²) < 4.78 is 1.84. The number of imidazole rings is 1. The van der Waals surface area contributed by atoms with Gasteiger partial charge >= 0.3 is 5.97 Å². The van der Waals surface area contributed by atoms with Crippen molar-refractivity contribution in [2.24, 2.45) is 0 Å². The van der Waals surface area contributed by atoms with Gasteiger partial charge in [0, 0.05) is 17.8 Å². The summed E-state index contributed by atoms with van der Waals surface area (Å²) in [6.45, 7) is 1.88. The first kappa shape index (κ1) is 13.5. The van der Waals surface area contributed by atoms with E-state index in [0.29, 0.717) is 18.5 Å². The van der Waals surface area contributed by atoms with Crippen LogP contribution in [0.1, 0.15) is 25.5 Å². The molecule has 0 spiro atoms. The maximum atomic E-state index is 11.8. The number of aliphatic carboxylic acids is 1. The number of carbonyl (C=O) groups excluding carboxylic acids is 1. The Morgan fingerprint density at radius 3 is 3.00 bits per heavy atom. The van der Waals surface area contributed by atoms with Crippen molar-refractivity contribution in [3.05, 3.63) is 23.5 Å². The van der Waals surface area contributed by atoms with Crippen molar-refractivity contribution < 1.29 is 14.7 Å². The molecule has 2 aromatic rings. The molecule has 1 unspecified atom stereocenters. The molecule has 0 saturated carbocycles. The number of hydrogen-bond acceptors (Lipinski definition) is 4. The lowest BCUT2D eigenvalue weighted by molar-refractivity contribution is -0.141. The minimum Gasteiger partial charge on any atom is -0.480 e. The lowest BCUT2D eigenvalue weighted by Crippen LogP contribution is -2.41. The Kier molecular flexibility index (Phi) is 4.16. The van der Waals surface area contributed by atoms with Crippen LogP contribution in [0.3, 0.4) is 0 Å². The Balaban J connectivity index is 1.96. The van der Waals surface area contributed by atoms with E-state index < -0.39 is 12.0 Å². The van der Waals surface area contributed by atoms with Gasteiger partial charge < -0.3 is 10.4 Å². The van der Waals surface area contributed by atoms with Gasteiger partial charge in [-0.05, 0) is 6.42 Å². The molecule has 0 aromatic carbocycles. The van der Waals surface area contributed by atoms with E-state index in [0.717, 1.165) is 4.96 Å². The number of fused-ring (bicyclic) bond motifs is 1. The first-order valence-corrected chi connectivity index (χ1v) is 6.91. The predicted molar refractivity (Wildman–Crippen MR) is 71.2 cm³/mol. The van der Waals surface area contributed by atoms with Crippen molar-refractivity contribution in [1.29, 1.82) is 0 Å². The van der Waals surface area contributed by atoms with Gasteiger partial charge in [-0.2, -0.15) is 0 Å². The second-order valence-electron chi connectivity index (χ2n) is 4.25. The minimum absolute atomic E-state index is 0.0991. The normalized spacial score (nSPS) is 12.5. The molecule has 0 radical (unpaired) electrons. The maximum absolute atomic E-state index is 11.8. The van der Waals surface area contributed by atoms with Crippen LogP contribution in [0.2, 0.25) is 0 Å².